The first kappa shape index (κ1) is 12.5. The zero-order valence-electron chi connectivity index (χ0n) is 9.35. The van der Waals surface area contributed by atoms with Crippen LogP contribution >= 0.6 is 0 Å². The molecule has 1 aromatic carbocycles. The number of carboxylic acids is 1. The number of hydrogen-bond acceptors (Lipinski definition) is 2. The number of carboxylic acid groups (broad SMARTS) is 1. The molecule has 0 aromatic heterocycles. The summed E-state index contributed by atoms with van der Waals surface area (Å²) in [4.78, 5) is 23.7. The molecule has 2 rings (SSSR count). The van der Waals surface area contributed by atoms with E-state index < -0.39 is 18.3 Å². The molecule has 0 aliphatic carbocycles. The minimum atomic E-state index is -2.61. The van der Waals surface area contributed by atoms with Gasteiger partial charge in [-0.2, -0.15) is 0 Å². The number of rotatable bonds is 3. The maximum absolute atomic E-state index is 12.5. The van der Waals surface area contributed by atoms with E-state index in [1.807, 2.05) is 0 Å². The van der Waals surface area contributed by atoms with Crippen molar-refractivity contribution < 1.29 is 23.5 Å². The Bertz CT molecular complexity index is 490. The number of hydrogen-bond donors (Lipinski definition) is 1. The third kappa shape index (κ3) is 2.32. The van der Waals surface area contributed by atoms with E-state index in [2.05, 4.69) is 0 Å². The Morgan fingerprint density at radius 1 is 1.44 bits per heavy atom. The molecule has 1 atom stereocenters. The Morgan fingerprint density at radius 3 is 2.72 bits per heavy atom. The molecule has 1 saturated heterocycles. The van der Waals surface area contributed by atoms with Gasteiger partial charge < -0.3 is 10.0 Å². The number of aliphatic carboxylic acids is 1. The summed E-state index contributed by atoms with van der Waals surface area (Å²) < 4.78 is 25.1. The van der Waals surface area contributed by atoms with Gasteiger partial charge in [-0.25, -0.2) is 8.78 Å². The summed E-state index contributed by atoms with van der Waals surface area (Å²) in [6, 6.07) is 5.43. The van der Waals surface area contributed by atoms with E-state index in [1.165, 1.54) is 29.2 Å². The van der Waals surface area contributed by atoms with Gasteiger partial charge in [0, 0.05) is 24.2 Å². The van der Waals surface area contributed by atoms with Crippen LogP contribution in [0.1, 0.15) is 18.4 Å². The molecule has 0 radical (unpaired) electrons. The third-order valence-corrected chi connectivity index (χ3v) is 2.91. The van der Waals surface area contributed by atoms with Crippen LogP contribution in [-0.4, -0.2) is 23.5 Å². The summed E-state index contributed by atoms with van der Waals surface area (Å²) in [5.74, 6) is -2.17. The predicted octanol–water partition coefficient (Wildman–Crippen LogP) is 2.06. The van der Waals surface area contributed by atoms with Gasteiger partial charge in [-0.05, 0) is 12.1 Å². The topological polar surface area (TPSA) is 57.6 Å². The van der Waals surface area contributed by atoms with Gasteiger partial charge in [0.25, 0.3) is 6.43 Å². The van der Waals surface area contributed by atoms with Crippen LogP contribution in [0.5, 0.6) is 0 Å². The highest BCUT2D eigenvalue weighted by molar-refractivity contribution is 5.99. The number of amides is 1. The van der Waals surface area contributed by atoms with E-state index in [-0.39, 0.29) is 24.4 Å². The number of carbonyl (C=O) groups is 2. The summed E-state index contributed by atoms with van der Waals surface area (Å²) in [6.45, 7) is 0.0286. The first-order valence-electron chi connectivity index (χ1n) is 5.40. The average Bonchev–Trinajstić information content (AvgIpc) is 2.72. The van der Waals surface area contributed by atoms with E-state index in [4.69, 9.17) is 5.11 Å². The van der Waals surface area contributed by atoms with Crippen molar-refractivity contribution in [3.05, 3.63) is 29.8 Å². The lowest BCUT2D eigenvalue weighted by molar-refractivity contribution is -0.141. The first-order chi connectivity index (χ1) is 8.49. The first-order valence-corrected chi connectivity index (χ1v) is 5.40. The van der Waals surface area contributed by atoms with Crippen molar-refractivity contribution in [2.24, 2.45) is 5.92 Å². The van der Waals surface area contributed by atoms with Crippen LogP contribution < -0.4 is 4.90 Å². The second-order valence-corrected chi connectivity index (χ2v) is 4.14. The maximum Gasteiger partial charge on any atom is 0.308 e. The molecule has 18 heavy (non-hydrogen) atoms. The number of nitrogens with zero attached hydrogens (tertiary/aromatic N) is 1. The molecule has 6 heteroatoms. The standard InChI is InChI=1S/C12H11F2NO3/c13-11(14)7-2-1-3-9(4-7)15-6-8(12(17)18)5-10(15)16/h1-4,8,11H,5-6H2,(H,17,18). The minimum Gasteiger partial charge on any atom is -0.481 e. The third-order valence-electron chi connectivity index (χ3n) is 2.91. The van der Waals surface area contributed by atoms with Crippen molar-refractivity contribution in [2.75, 3.05) is 11.4 Å². The summed E-state index contributed by atoms with van der Waals surface area (Å²) in [5.41, 5.74) is 0.139. The molecule has 1 unspecified atom stereocenters. The van der Waals surface area contributed by atoms with Crippen LogP contribution in [0.4, 0.5) is 14.5 Å². The number of halogens is 2. The second-order valence-electron chi connectivity index (χ2n) is 4.14. The molecular weight excluding hydrogens is 244 g/mol. The van der Waals surface area contributed by atoms with Crippen molar-refractivity contribution >= 4 is 17.6 Å². The predicted molar refractivity (Wildman–Crippen MR) is 59.5 cm³/mol. The summed E-state index contributed by atoms with van der Waals surface area (Å²) in [7, 11) is 0. The van der Waals surface area contributed by atoms with E-state index in [0.717, 1.165) is 0 Å². The van der Waals surface area contributed by atoms with E-state index >= 15 is 0 Å². The van der Waals surface area contributed by atoms with E-state index in [0.29, 0.717) is 5.69 Å². The van der Waals surface area contributed by atoms with Crippen LogP contribution in [0.2, 0.25) is 0 Å². The van der Waals surface area contributed by atoms with Gasteiger partial charge in [-0.15, -0.1) is 0 Å². The smallest absolute Gasteiger partial charge is 0.308 e. The molecular formula is C12H11F2NO3. The molecule has 1 heterocycles. The van der Waals surface area contributed by atoms with Crippen molar-refractivity contribution in [3.8, 4) is 0 Å². The minimum absolute atomic E-state index is 0.0286. The molecule has 1 N–H and O–H groups in total. The monoisotopic (exact) mass is 255 g/mol. The highest BCUT2D eigenvalue weighted by Gasteiger charge is 2.35. The number of alkyl halides is 2. The van der Waals surface area contributed by atoms with Crippen molar-refractivity contribution in [1.29, 1.82) is 0 Å². The summed E-state index contributed by atoms with van der Waals surface area (Å²) in [6.07, 6.45) is -2.70. The summed E-state index contributed by atoms with van der Waals surface area (Å²) >= 11 is 0. The lowest BCUT2D eigenvalue weighted by atomic mass is 10.1. The quantitative estimate of drug-likeness (QED) is 0.899. The van der Waals surface area contributed by atoms with Crippen molar-refractivity contribution in [1.82, 2.24) is 0 Å². The van der Waals surface area contributed by atoms with Gasteiger partial charge in [0.2, 0.25) is 5.91 Å². The lowest BCUT2D eigenvalue weighted by Gasteiger charge is -2.16. The Morgan fingerprint density at radius 2 is 2.17 bits per heavy atom. The second kappa shape index (κ2) is 4.72. The molecule has 0 saturated carbocycles. The number of carbonyl (C=O) groups excluding carboxylic acids is 1. The van der Waals surface area contributed by atoms with Crippen molar-refractivity contribution in [2.45, 2.75) is 12.8 Å². The molecule has 96 valence electrons. The summed E-state index contributed by atoms with van der Waals surface area (Å²) in [5, 5.41) is 8.84. The molecule has 1 aromatic rings. The SMILES string of the molecule is O=C(O)C1CC(=O)N(c2cccc(C(F)F)c2)C1. The van der Waals surface area contributed by atoms with Gasteiger partial charge >= 0.3 is 5.97 Å². The van der Waals surface area contributed by atoms with Gasteiger partial charge in [0.05, 0.1) is 5.92 Å². The molecule has 0 bridgehead atoms. The van der Waals surface area contributed by atoms with Crippen molar-refractivity contribution in [3.63, 3.8) is 0 Å². The van der Waals surface area contributed by atoms with Crippen LogP contribution in [-0.2, 0) is 9.59 Å². The maximum atomic E-state index is 12.5. The van der Waals surface area contributed by atoms with Crippen LogP contribution in [0, 0.1) is 5.92 Å². The largest absolute Gasteiger partial charge is 0.481 e. The Hall–Kier alpha value is -1.98. The fourth-order valence-corrected chi connectivity index (χ4v) is 1.95. The van der Waals surface area contributed by atoms with Gasteiger partial charge in [0.1, 0.15) is 0 Å². The number of anilines is 1. The number of benzene rings is 1. The van der Waals surface area contributed by atoms with Crippen LogP contribution in [0.15, 0.2) is 24.3 Å². The molecule has 1 aliphatic rings. The zero-order valence-corrected chi connectivity index (χ0v) is 9.35. The van der Waals surface area contributed by atoms with Gasteiger partial charge in [-0.3, -0.25) is 9.59 Å². The fraction of sp³-hybridized carbons (Fsp3) is 0.333. The Balaban J connectivity index is 2.24. The fourth-order valence-electron chi connectivity index (χ4n) is 1.95. The zero-order chi connectivity index (χ0) is 13.3. The molecule has 0 spiro atoms. The molecule has 1 fully saturated rings. The van der Waals surface area contributed by atoms with E-state index in [1.54, 1.807) is 0 Å². The van der Waals surface area contributed by atoms with Crippen LogP contribution in [0.25, 0.3) is 0 Å². The van der Waals surface area contributed by atoms with Crippen LogP contribution in [0.3, 0.4) is 0 Å². The highest BCUT2D eigenvalue weighted by atomic mass is 19.3. The Kier molecular flexibility index (Phi) is 3.27. The lowest BCUT2D eigenvalue weighted by Crippen LogP contribution is -2.25. The van der Waals surface area contributed by atoms with Gasteiger partial charge in [-0.1, -0.05) is 12.1 Å². The highest BCUT2D eigenvalue weighted by Crippen LogP contribution is 2.28. The van der Waals surface area contributed by atoms with Gasteiger partial charge in [0.15, 0.2) is 0 Å². The average molecular weight is 255 g/mol. The molecule has 4 nitrogen and oxygen atoms in total. The molecule has 1 amide bonds. The Labute approximate surface area is 102 Å². The normalized spacial score (nSPS) is 19.6. The molecule has 1 aliphatic heterocycles. The van der Waals surface area contributed by atoms with E-state index in [9.17, 15) is 18.4 Å².